The molecule has 60 valence electrons. The Morgan fingerprint density at radius 3 is 1.91 bits per heavy atom. The van der Waals surface area contributed by atoms with Crippen LogP contribution >= 0.6 is 0 Å². The second-order valence-corrected chi connectivity index (χ2v) is 1.67. The summed E-state index contributed by atoms with van der Waals surface area (Å²) in [5, 5.41) is 26.0. The molecule has 0 aliphatic carbocycles. The SMILES string of the molecule is C=O.Oc1ccc(O)c(O)c1. The molecule has 1 aromatic rings. The van der Waals surface area contributed by atoms with Gasteiger partial charge in [-0.25, -0.2) is 0 Å². The van der Waals surface area contributed by atoms with Crippen LogP contribution in [-0.4, -0.2) is 22.1 Å². The number of phenolic OH excluding ortho intramolecular Hbond substituents is 3. The van der Waals surface area contributed by atoms with Gasteiger partial charge in [0.15, 0.2) is 11.5 Å². The van der Waals surface area contributed by atoms with E-state index in [1.165, 1.54) is 12.1 Å². The van der Waals surface area contributed by atoms with Gasteiger partial charge in [-0.05, 0) is 12.1 Å². The van der Waals surface area contributed by atoms with Crippen molar-refractivity contribution >= 4 is 6.79 Å². The highest BCUT2D eigenvalue weighted by atomic mass is 16.3. The molecule has 0 unspecified atom stereocenters. The molecule has 0 saturated heterocycles. The molecule has 0 bridgehead atoms. The van der Waals surface area contributed by atoms with Crippen LogP contribution < -0.4 is 0 Å². The standard InChI is InChI=1S/C6H6O3.CH2O/c7-4-1-2-5(8)6(9)3-4;1-2/h1-3,7-9H;1H2. The Bertz CT molecular complexity index is 234. The highest BCUT2D eigenvalue weighted by Crippen LogP contribution is 2.27. The number of benzene rings is 1. The van der Waals surface area contributed by atoms with Crippen LogP contribution in [-0.2, 0) is 4.79 Å². The fraction of sp³-hybridized carbons (Fsp3) is 0. The van der Waals surface area contributed by atoms with Crippen LogP contribution in [0.2, 0.25) is 0 Å². The van der Waals surface area contributed by atoms with Crippen molar-refractivity contribution in [2.45, 2.75) is 0 Å². The molecule has 1 rings (SSSR count). The van der Waals surface area contributed by atoms with Crippen LogP contribution in [0.15, 0.2) is 18.2 Å². The second kappa shape index (κ2) is 4.16. The molecule has 0 atom stereocenters. The van der Waals surface area contributed by atoms with Crippen LogP contribution in [0.3, 0.4) is 0 Å². The minimum atomic E-state index is -0.310. The van der Waals surface area contributed by atoms with E-state index in [0.29, 0.717) is 0 Å². The second-order valence-electron chi connectivity index (χ2n) is 1.67. The predicted molar refractivity (Wildman–Crippen MR) is 38.6 cm³/mol. The molecule has 0 saturated carbocycles. The van der Waals surface area contributed by atoms with Gasteiger partial charge in [0.05, 0.1) is 0 Å². The van der Waals surface area contributed by atoms with Crippen molar-refractivity contribution in [3.05, 3.63) is 18.2 Å². The molecule has 0 amide bonds. The predicted octanol–water partition coefficient (Wildman–Crippen LogP) is 0.618. The van der Waals surface area contributed by atoms with Gasteiger partial charge in [0, 0.05) is 6.07 Å². The Hall–Kier alpha value is -1.71. The number of hydrogen-bond acceptors (Lipinski definition) is 4. The lowest BCUT2D eigenvalue weighted by molar-refractivity contribution is -0.0979. The first-order chi connectivity index (χ1) is 5.20. The van der Waals surface area contributed by atoms with Gasteiger partial charge in [-0.2, -0.15) is 0 Å². The molecule has 11 heavy (non-hydrogen) atoms. The van der Waals surface area contributed by atoms with Gasteiger partial charge >= 0.3 is 0 Å². The summed E-state index contributed by atoms with van der Waals surface area (Å²) in [6.45, 7) is 2.00. The summed E-state index contributed by atoms with van der Waals surface area (Å²) in [6.07, 6.45) is 0. The van der Waals surface area contributed by atoms with Gasteiger partial charge in [-0.3, -0.25) is 0 Å². The third kappa shape index (κ3) is 2.57. The van der Waals surface area contributed by atoms with Crippen molar-refractivity contribution in [1.82, 2.24) is 0 Å². The normalized spacial score (nSPS) is 8.00. The quantitative estimate of drug-likeness (QED) is 0.380. The summed E-state index contributed by atoms with van der Waals surface area (Å²) in [5.41, 5.74) is 0. The smallest absolute Gasteiger partial charge is 0.161 e. The molecule has 4 nitrogen and oxygen atoms in total. The summed E-state index contributed by atoms with van der Waals surface area (Å²) in [6, 6.07) is 3.56. The number of carbonyl (C=O) groups excluding carboxylic acids is 1. The first kappa shape index (κ1) is 9.29. The van der Waals surface area contributed by atoms with Crippen molar-refractivity contribution in [3.63, 3.8) is 0 Å². The van der Waals surface area contributed by atoms with E-state index >= 15 is 0 Å². The third-order valence-electron chi connectivity index (χ3n) is 0.959. The Labute approximate surface area is 63.3 Å². The van der Waals surface area contributed by atoms with Crippen LogP contribution in [0, 0.1) is 0 Å². The minimum Gasteiger partial charge on any atom is -0.508 e. The summed E-state index contributed by atoms with van der Waals surface area (Å²) in [5.74, 6) is -0.604. The van der Waals surface area contributed by atoms with Crippen molar-refractivity contribution < 1.29 is 20.1 Å². The summed E-state index contributed by atoms with van der Waals surface area (Å²) < 4.78 is 0. The van der Waals surface area contributed by atoms with Gasteiger partial charge < -0.3 is 20.1 Å². The molecular weight excluding hydrogens is 148 g/mol. The molecule has 3 N–H and O–H groups in total. The molecule has 0 aliphatic rings. The van der Waals surface area contributed by atoms with Gasteiger partial charge in [-0.1, -0.05) is 0 Å². The zero-order valence-electron chi connectivity index (χ0n) is 5.69. The third-order valence-corrected chi connectivity index (χ3v) is 0.959. The maximum Gasteiger partial charge on any atom is 0.161 e. The zero-order chi connectivity index (χ0) is 8.85. The molecule has 0 heterocycles. The maximum atomic E-state index is 8.69. The number of phenols is 3. The van der Waals surface area contributed by atoms with Gasteiger partial charge in [0.2, 0.25) is 0 Å². The van der Waals surface area contributed by atoms with Crippen molar-refractivity contribution in [2.24, 2.45) is 0 Å². The first-order valence-electron chi connectivity index (χ1n) is 2.70. The van der Waals surface area contributed by atoms with Crippen molar-refractivity contribution in [2.75, 3.05) is 0 Å². The molecule has 0 aromatic heterocycles. The van der Waals surface area contributed by atoms with Crippen molar-refractivity contribution in [1.29, 1.82) is 0 Å². The van der Waals surface area contributed by atoms with E-state index in [0.717, 1.165) is 6.07 Å². The summed E-state index contributed by atoms with van der Waals surface area (Å²) in [7, 11) is 0. The molecule has 0 aliphatic heterocycles. The molecule has 1 aromatic carbocycles. The number of hydrogen-bond donors (Lipinski definition) is 3. The Balaban J connectivity index is 0.000000461. The Kier molecular flexibility index (Phi) is 3.51. The molecule has 0 radical (unpaired) electrons. The highest BCUT2D eigenvalue weighted by Gasteiger charge is 1.96. The number of carbonyl (C=O) groups is 1. The number of aromatic hydroxyl groups is 3. The van der Waals surface area contributed by atoms with E-state index < -0.39 is 0 Å². The monoisotopic (exact) mass is 156 g/mol. The van der Waals surface area contributed by atoms with E-state index in [9.17, 15) is 0 Å². The van der Waals surface area contributed by atoms with Crippen LogP contribution in [0.5, 0.6) is 17.2 Å². The van der Waals surface area contributed by atoms with Crippen LogP contribution in [0.4, 0.5) is 0 Å². The summed E-state index contributed by atoms with van der Waals surface area (Å²) >= 11 is 0. The summed E-state index contributed by atoms with van der Waals surface area (Å²) in [4.78, 5) is 8.00. The highest BCUT2D eigenvalue weighted by molar-refractivity contribution is 5.42. The van der Waals surface area contributed by atoms with E-state index in [-0.39, 0.29) is 17.2 Å². The lowest BCUT2D eigenvalue weighted by Gasteiger charge is -1.95. The molecule has 0 spiro atoms. The van der Waals surface area contributed by atoms with E-state index in [1.54, 1.807) is 0 Å². The van der Waals surface area contributed by atoms with Crippen LogP contribution in [0.25, 0.3) is 0 Å². The van der Waals surface area contributed by atoms with Gasteiger partial charge in [0.25, 0.3) is 0 Å². The largest absolute Gasteiger partial charge is 0.508 e. The Morgan fingerprint density at radius 2 is 1.55 bits per heavy atom. The minimum absolute atomic E-state index is 0.0645. The Morgan fingerprint density at radius 1 is 1.00 bits per heavy atom. The van der Waals surface area contributed by atoms with Crippen molar-refractivity contribution in [3.8, 4) is 17.2 Å². The van der Waals surface area contributed by atoms with E-state index in [4.69, 9.17) is 20.1 Å². The lowest BCUT2D eigenvalue weighted by Crippen LogP contribution is -1.66. The molecule has 4 heteroatoms. The van der Waals surface area contributed by atoms with Gasteiger partial charge in [-0.15, -0.1) is 0 Å². The topological polar surface area (TPSA) is 77.8 Å². The first-order valence-corrected chi connectivity index (χ1v) is 2.70. The van der Waals surface area contributed by atoms with Gasteiger partial charge in [0.1, 0.15) is 12.5 Å². The fourth-order valence-corrected chi connectivity index (χ4v) is 0.512. The average molecular weight is 156 g/mol. The molecular formula is C7H8O4. The maximum absolute atomic E-state index is 8.69. The number of rotatable bonds is 0. The molecule has 0 fully saturated rings. The van der Waals surface area contributed by atoms with E-state index in [2.05, 4.69) is 0 Å². The lowest BCUT2D eigenvalue weighted by atomic mass is 10.3. The fourth-order valence-electron chi connectivity index (χ4n) is 0.512. The van der Waals surface area contributed by atoms with E-state index in [1.807, 2.05) is 6.79 Å². The van der Waals surface area contributed by atoms with Crippen LogP contribution in [0.1, 0.15) is 0 Å². The average Bonchev–Trinajstić information content (AvgIpc) is 2.02. The zero-order valence-corrected chi connectivity index (χ0v) is 5.69.